The lowest BCUT2D eigenvalue weighted by Gasteiger charge is -2.08. The predicted molar refractivity (Wildman–Crippen MR) is 63.4 cm³/mol. The summed E-state index contributed by atoms with van der Waals surface area (Å²) < 4.78 is 27.5. The molecule has 0 aliphatic heterocycles. The van der Waals surface area contributed by atoms with Gasteiger partial charge in [-0.05, 0) is 6.07 Å². The molecule has 0 unspecified atom stereocenters. The Bertz CT molecular complexity index is 657. The standard InChI is InChI=1S/C11H8ClF2N3O/c12-10-9(15)11(18)17(5-16-10)4-6-2-1-3-7(13)8(6)14/h1-3,5H,4,15H2. The smallest absolute Gasteiger partial charge is 0.278 e. The van der Waals surface area contributed by atoms with Gasteiger partial charge in [-0.3, -0.25) is 9.36 Å². The number of benzene rings is 1. The highest BCUT2D eigenvalue weighted by Crippen LogP contribution is 2.13. The molecule has 1 heterocycles. The van der Waals surface area contributed by atoms with Gasteiger partial charge < -0.3 is 5.73 Å². The molecule has 18 heavy (non-hydrogen) atoms. The van der Waals surface area contributed by atoms with Crippen molar-refractivity contribution in [1.82, 2.24) is 9.55 Å². The first-order valence-electron chi connectivity index (χ1n) is 4.94. The molecule has 0 radical (unpaired) electrons. The second-order valence-electron chi connectivity index (χ2n) is 3.60. The molecule has 0 atom stereocenters. The van der Waals surface area contributed by atoms with Gasteiger partial charge in [-0.2, -0.15) is 0 Å². The molecule has 0 amide bonds. The Hall–Kier alpha value is -1.95. The number of nitrogens with zero attached hydrogens (tertiary/aromatic N) is 2. The Morgan fingerprint density at radius 1 is 1.39 bits per heavy atom. The van der Waals surface area contributed by atoms with Crippen LogP contribution in [0.5, 0.6) is 0 Å². The highest BCUT2D eigenvalue weighted by molar-refractivity contribution is 6.31. The van der Waals surface area contributed by atoms with Crippen molar-refractivity contribution in [1.29, 1.82) is 0 Å². The normalized spacial score (nSPS) is 10.6. The van der Waals surface area contributed by atoms with Gasteiger partial charge in [0.05, 0.1) is 12.9 Å². The third kappa shape index (κ3) is 2.19. The molecule has 1 aromatic carbocycles. The van der Waals surface area contributed by atoms with Crippen molar-refractivity contribution in [3.05, 3.63) is 57.2 Å². The summed E-state index contributed by atoms with van der Waals surface area (Å²) in [4.78, 5) is 15.4. The van der Waals surface area contributed by atoms with Gasteiger partial charge in [0.15, 0.2) is 16.8 Å². The van der Waals surface area contributed by atoms with Crippen LogP contribution in [0.2, 0.25) is 5.15 Å². The molecule has 4 nitrogen and oxygen atoms in total. The van der Waals surface area contributed by atoms with Crippen molar-refractivity contribution in [2.75, 3.05) is 5.73 Å². The molecule has 7 heteroatoms. The van der Waals surface area contributed by atoms with Crippen LogP contribution in [0.3, 0.4) is 0 Å². The van der Waals surface area contributed by atoms with Crippen LogP contribution in [-0.2, 0) is 6.54 Å². The maximum Gasteiger partial charge on any atom is 0.278 e. The molecule has 94 valence electrons. The summed E-state index contributed by atoms with van der Waals surface area (Å²) in [7, 11) is 0. The number of halogens is 3. The summed E-state index contributed by atoms with van der Waals surface area (Å²) in [6, 6.07) is 3.72. The Balaban J connectivity index is 2.44. The number of nitrogens with two attached hydrogens (primary N) is 1. The third-order valence-corrected chi connectivity index (χ3v) is 2.70. The number of rotatable bonds is 2. The molecule has 2 rings (SSSR count). The fraction of sp³-hybridized carbons (Fsp3) is 0.0909. The number of aromatic nitrogens is 2. The molecule has 0 saturated carbocycles. The van der Waals surface area contributed by atoms with E-state index in [2.05, 4.69) is 4.98 Å². The maximum absolute atomic E-state index is 13.4. The molecule has 1 aromatic heterocycles. The van der Waals surface area contributed by atoms with Gasteiger partial charge in [-0.1, -0.05) is 23.7 Å². The molecule has 0 bridgehead atoms. The van der Waals surface area contributed by atoms with Gasteiger partial charge in [0.1, 0.15) is 5.69 Å². The van der Waals surface area contributed by atoms with Gasteiger partial charge in [0.25, 0.3) is 5.56 Å². The van der Waals surface area contributed by atoms with Gasteiger partial charge >= 0.3 is 0 Å². The van der Waals surface area contributed by atoms with E-state index >= 15 is 0 Å². The highest BCUT2D eigenvalue weighted by Gasteiger charge is 2.11. The van der Waals surface area contributed by atoms with E-state index < -0.39 is 17.2 Å². The Labute approximate surface area is 106 Å². The summed E-state index contributed by atoms with van der Waals surface area (Å²) >= 11 is 5.56. The quantitative estimate of drug-likeness (QED) is 0.848. The van der Waals surface area contributed by atoms with Gasteiger partial charge in [-0.15, -0.1) is 0 Å². The first kappa shape index (κ1) is 12.5. The number of hydrogen-bond acceptors (Lipinski definition) is 3. The van der Waals surface area contributed by atoms with E-state index in [1.54, 1.807) is 0 Å². The van der Waals surface area contributed by atoms with Crippen molar-refractivity contribution in [2.45, 2.75) is 6.54 Å². The fourth-order valence-electron chi connectivity index (χ4n) is 1.45. The summed E-state index contributed by atoms with van der Waals surface area (Å²) in [6.45, 7) is -0.170. The van der Waals surface area contributed by atoms with Gasteiger partial charge in [0, 0.05) is 5.56 Å². The van der Waals surface area contributed by atoms with Crippen LogP contribution in [0.25, 0.3) is 0 Å². The molecule has 0 spiro atoms. The average molecular weight is 272 g/mol. The Kier molecular flexibility index (Phi) is 3.29. The van der Waals surface area contributed by atoms with Crippen LogP contribution in [0.15, 0.2) is 29.3 Å². The Morgan fingerprint density at radius 3 is 2.83 bits per heavy atom. The van der Waals surface area contributed by atoms with Gasteiger partial charge in [0.2, 0.25) is 0 Å². The molecule has 0 saturated heterocycles. The van der Waals surface area contributed by atoms with Crippen molar-refractivity contribution in [3.8, 4) is 0 Å². The van der Waals surface area contributed by atoms with E-state index in [-0.39, 0.29) is 22.9 Å². The topological polar surface area (TPSA) is 60.9 Å². The lowest BCUT2D eigenvalue weighted by Crippen LogP contribution is -2.24. The zero-order valence-corrected chi connectivity index (χ0v) is 9.79. The third-order valence-electron chi connectivity index (χ3n) is 2.40. The van der Waals surface area contributed by atoms with E-state index in [9.17, 15) is 13.6 Å². The zero-order chi connectivity index (χ0) is 13.3. The number of anilines is 1. The minimum Gasteiger partial charge on any atom is -0.392 e. The van der Waals surface area contributed by atoms with E-state index in [1.807, 2.05) is 0 Å². The molecular weight excluding hydrogens is 264 g/mol. The van der Waals surface area contributed by atoms with Crippen LogP contribution < -0.4 is 11.3 Å². The highest BCUT2D eigenvalue weighted by atomic mass is 35.5. The SMILES string of the molecule is Nc1c(Cl)ncn(Cc2cccc(F)c2F)c1=O. The predicted octanol–water partition coefficient (Wildman–Crippen LogP) is 1.81. The van der Waals surface area contributed by atoms with Crippen LogP contribution in [0.1, 0.15) is 5.56 Å². The zero-order valence-electron chi connectivity index (χ0n) is 9.03. The fourth-order valence-corrected chi connectivity index (χ4v) is 1.58. The first-order chi connectivity index (χ1) is 8.50. The van der Waals surface area contributed by atoms with E-state index in [4.69, 9.17) is 17.3 Å². The summed E-state index contributed by atoms with van der Waals surface area (Å²) in [6.07, 6.45) is 1.13. The Morgan fingerprint density at radius 2 is 2.11 bits per heavy atom. The lowest BCUT2D eigenvalue weighted by atomic mass is 10.2. The molecule has 2 aromatic rings. The van der Waals surface area contributed by atoms with Crippen LogP contribution in [0.4, 0.5) is 14.5 Å². The monoisotopic (exact) mass is 271 g/mol. The maximum atomic E-state index is 13.4. The average Bonchev–Trinajstić information content (AvgIpc) is 2.35. The summed E-state index contributed by atoms with van der Waals surface area (Å²) in [5.41, 5.74) is 4.61. The van der Waals surface area contributed by atoms with Crippen molar-refractivity contribution in [3.63, 3.8) is 0 Å². The van der Waals surface area contributed by atoms with Gasteiger partial charge in [-0.25, -0.2) is 13.8 Å². The molecular formula is C11H8ClF2N3O. The van der Waals surface area contributed by atoms with Crippen molar-refractivity contribution < 1.29 is 8.78 Å². The second kappa shape index (κ2) is 4.73. The second-order valence-corrected chi connectivity index (χ2v) is 3.95. The van der Waals surface area contributed by atoms with Crippen molar-refractivity contribution >= 4 is 17.3 Å². The number of nitrogen functional groups attached to an aromatic ring is 1. The molecule has 0 aliphatic carbocycles. The molecule has 2 N–H and O–H groups in total. The van der Waals surface area contributed by atoms with E-state index in [0.29, 0.717) is 0 Å². The summed E-state index contributed by atoms with van der Waals surface area (Å²) in [5.74, 6) is -1.98. The van der Waals surface area contributed by atoms with Crippen LogP contribution in [0, 0.1) is 11.6 Å². The number of hydrogen-bond donors (Lipinski definition) is 1. The first-order valence-corrected chi connectivity index (χ1v) is 5.32. The van der Waals surface area contributed by atoms with Crippen LogP contribution in [-0.4, -0.2) is 9.55 Å². The minimum absolute atomic E-state index is 0.0284. The molecule has 0 fully saturated rings. The van der Waals surface area contributed by atoms with Crippen LogP contribution >= 0.6 is 11.6 Å². The minimum atomic E-state index is -1.00. The van der Waals surface area contributed by atoms with E-state index in [0.717, 1.165) is 17.0 Å². The van der Waals surface area contributed by atoms with Crippen molar-refractivity contribution in [2.24, 2.45) is 0 Å². The lowest BCUT2D eigenvalue weighted by molar-refractivity contribution is 0.494. The van der Waals surface area contributed by atoms with E-state index in [1.165, 1.54) is 12.1 Å². The largest absolute Gasteiger partial charge is 0.392 e. The molecule has 0 aliphatic rings. The summed E-state index contributed by atoms with van der Waals surface area (Å²) in [5, 5.41) is -0.115.